The number of carbonyl (C=O) groups excluding carboxylic acids is 1. The first kappa shape index (κ1) is 19.2. The summed E-state index contributed by atoms with van der Waals surface area (Å²) in [5.41, 5.74) is 0.691. The highest BCUT2D eigenvalue weighted by molar-refractivity contribution is 5.94. The zero-order chi connectivity index (χ0) is 18.5. The van der Waals surface area contributed by atoms with Gasteiger partial charge in [0, 0.05) is 37.7 Å². The van der Waals surface area contributed by atoms with E-state index in [9.17, 15) is 9.90 Å². The van der Waals surface area contributed by atoms with Crippen LogP contribution in [0.3, 0.4) is 0 Å². The molecule has 2 aliphatic heterocycles. The fraction of sp³-hybridized carbons (Fsp3) is 0.667. The smallest absolute Gasteiger partial charge is 0.253 e. The van der Waals surface area contributed by atoms with Crippen molar-refractivity contribution in [3.63, 3.8) is 0 Å². The van der Waals surface area contributed by atoms with Crippen molar-refractivity contribution >= 4 is 5.91 Å². The van der Waals surface area contributed by atoms with E-state index in [1.54, 1.807) is 0 Å². The second-order valence-electron chi connectivity index (χ2n) is 7.97. The zero-order valence-electron chi connectivity index (χ0n) is 16.1. The van der Waals surface area contributed by atoms with Gasteiger partial charge in [-0.25, -0.2) is 0 Å². The van der Waals surface area contributed by atoms with Crippen molar-refractivity contribution in [2.24, 2.45) is 11.8 Å². The third kappa shape index (κ3) is 4.77. The summed E-state index contributed by atoms with van der Waals surface area (Å²) >= 11 is 0. The topological polar surface area (TPSA) is 53.0 Å². The number of hydrogen-bond donors (Lipinski definition) is 1. The summed E-state index contributed by atoms with van der Waals surface area (Å²) < 4.78 is 5.65. The molecule has 0 bridgehead atoms. The molecule has 1 N–H and O–H groups in total. The van der Waals surface area contributed by atoms with Gasteiger partial charge in [0.05, 0.1) is 6.10 Å². The Bertz CT molecular complexity index is 581. The first-order valence-electron chi connectivity index (χ1n) is 9.96. The summed E-state index contributed by atoms with van der Waals surface area (Å²) in [6.07, 6.45) is 3.98. The lowest BCUT2D eigenvalue weighted by Crippen LogP contribution is -2.37. The summed E-state index contributed by atoms with van der Waals surface area (Å²) in [5.74, 6) is 1.39. The fourth-order valence-corrected chi connectivity index (χ4v) is 4.12. The normalized spacial score (nSPS) is 24.2. The van der Waals surface area contributed by atoms with E-state index in [1.165, 1.54) is 19.3 Å². The van der Waals surface area contributed by atoms with Crippen LogP contribution in [0.1, 0.15) is 43.5 Å². The first-order chi connectivity index (χ1) is 12.6. The molecule has 26 heavy (non-hydrogen) atoms. The summed E-state index contributed by atoms with van der Waals surface area (Å²) in [4.78, 5) is 17.3. The van der Waals surface area contributed by atoms with E-state index >= 15 is 0 Å². The van der Waals surface area contributed by atoms with Crippen LogP contribution in [-0.2, 0) is 0 Å². The van der Waals surface area contributed by atoms with Gasteiger partial charge in [0.1, 0.15) is 5.75 Å². The molecule has 2 heterocycles. The molecule has 0 aliphatic carbocycles. The van der Waals surface area contributed by atoms with Gasteiger partial charge in [-0.3, -0.25) is 4.79 Å². The summed E-state index contributed by atoms with van der Waals surface area (Å²) in [6, 6.07) is 7.40. The Morgan fingerprint density at radius 2 is 1.77 bits per heavy atom. The summed E-state index contributed by atoms with van der Waals surface area (Å²) in [7, 11) is 0. The number of nitrogens with zero attached hydrogens (tertiary/aromatic N) is 2. The predicted molar refractivity (Wildman–Crippen MR) is 102 cm³/mol. The molecule has 2 saturated heterocycles. The second kappa shape index (κ2) is 8.87. The molecule has 2 unspecified atom stereocenters. The van der Waals surface area contributed by atoms with Crippen LogP contribution in [0.2, 0.25) is 0 Å². The molecular formula is C21H32N2O3. The lowest BCUT2D eigenvalue weighted by Gasteiger charge is -2.30. The van der Waals surface area contributed by atoms with Crippen molar-refractivity contribution in [3.8, 4) is 5.75 Å². The van der Waals surface area contributed by atoms with Crippen molar-refractivity contribution in [1.82, 2.24) is 9.80 Å². The van der Waals surface area contributed by atoms with Crippen LogP contribution < -0.4 is 4.74 Å². The van der Waals surface area contributed by atoms with Crippen molar-refractivity contribution in [2.75, 3.05) is 39.3 Å². The fourth-order valence-electron chi connectivity index (χ4n) is 4.12. The Hall–Kier alpha value is -1.59. The van der Waals surface area contributed by atoms with E-state index in [2.05, 4.69) is 4.90 Å². The van der Waals surface area contributed by atoms with Gasteiger partial charge in [0.2, 0.25) is 0 Å². The van der Waals surface area contributed by atoms with Gasteiger partial charge in [-0.1, -0.05) is 6.42 Å². The van der Waals surface area contributed by atoms with Crippen LogP contribution in [0.5, 0.6) is 5.75 Å². The molecule has 2 aliphatic rings. The Morgan fingerprint density at radius 1 is 1.12 bits per heavy atom. The van der Waals surface area contributed by atoms with E-state index in [-0.39, 0.29) is 24.5 Å². The molecule has 144 valence electrons. The highest BCUT2D eigenvalue weighted by Gasteiger charge is 2.36. The number of rotatable bonds is 6. The van der Waals surface area contributed by atoms with Gasteiger partial charge in [-0.2, -0.15) is 0 Å². The van der Waals surface area contributed by atoms with Crippen molar-refractivity contribution in [3.05, 3.63) is 29.8 Å². The van der Waals surface area contributed by atoms with Crippen molar-refractivity contribution in [2.45, 2.75) is 39.2 Å². The average molecular weight is 360 g/mol. The van der Waals surface area contributed by atoms with Gasteiger partial charge < -0.3 is 19.6 Å². The predicted octanol–water partition coefficient (Wildman–Crippen LogP) is 2.64. The van der Waals surface area contributed by atoms with E-state index in [0.29, 0.717) is 18.0 Å². The Balaban J connectivity index is 1.60. The number of aliphatic hydroxyl groups is 1. The zero-order valence-corrected chi connectivity index (χ0v) is 16.1. The van der Waals surface area contributed by atoms with Crippen LogP contribution in [0.25, 0.3) is 0 Å². The number of aliphatic hydroxyl groups excluding tert-OH is 1. The molecule has 0 spiro atoms. The monoisotopic (exact) mass is 360 g/mol. The van der Waals surface area contributed by atoms with Gasteiger partial charge in [-0.05, 0) is 70.0 Å². The molecule has 5 heteroatoms. The minimum absolute atomic E-state index is 0.0562. The highest BCUT2D eigenvalue weighted by Crippen LogP contribution is 2.27. The Labute approximate surface area is 156 Å². The maximum atomic E-state index is 12.9. The molecule has 5 nitrogen and oxygen atoms in total. The summed E-state index contributed by atoms with van der Waals surface area (Å²) in [6.45, 7) is 8.82. The standard InChI is InChI=1S/C21H32N2O3/c1-16(2)26-20-8-6-17(7-9-20)21(25)23-13-18(19(14-23)15-24)12-22-10-4-3-5-11-22/h6-9,16,18-19,24H,3-5,10-15H2,1-2H3. The number of likely N-dealkylation sites (tertiary alicyclic amines) is 2. The van der Waals surface area contributed by atoms with Gasteiger partial charge >= 0.3 is 0 Å². The number of carbonyl (C=O) groups is 1. The first-order valence-corrected chi connectivity index (χ1v) is 9.96. The number of ether oxygens (including phenoxy) is 1. The Kier molecular flexibility index (Phi) is 6.54. The molecule has 3 rings (SSSR count). The van der Waals surface area contributed by atoms with Gasteiger partial charge in [0.15, 0.2) is 0 Å². The van der Waals surface area contributed by atoms with Crippen LogP contribution >= 0.6 is 0 Å². The molecule has 0 saturated carbocycles. The number of amides is 1. The molecule has 2 fully saturated rings. The van der Waals surface area contributed by atoms with Crippen molar-refractivity contribution < 1.29 is 14.6 Å². The second-order valence-corrected chi connectivity index (χ2v) is 7.97. The summed E-state index contributed by atoms with van der Waals surface area (Å²) in [5, 5.41) is 9.78. The third-order valence-corrected chi connectivity index (χ3v) is 5.51. The van der Waals surface area contributed by atoms with Crippen LogP contribution in [-0.4, -0.2) is 66.2 Å². The molecule has 1 amide bonds. The average Bonchev–Trinajstić information content (AvgIpc) is 3.05. The number of hydrogen-bond acceptors (Lipinski definition) is 4. The molecule has 1 aromatic rings. The molecule has 0 aromatic heterocycles. The SMILES string of the molecule is CC(C)Oc1ccc(C(=O)N2CC(CO)C(CN3CCCCC3)C2)cc1. The maximum absolute atomic E-state index is 12.9. The molecule has 0 radical (unpaired) electrons. The maximum Gasteiger partial charge on any atom is 0.253 e. The number of benzene rings is 1. The van der Waals surface area contributed by atoms with Crippen LogP contribution in [0.4, 0.5) is 0 Å². The molecular weight excluding hydrogens is 328 g/mol. The minimum Gasteiger partial charge on any atom is -0.491 e. The van der Waals surface area contributed by atoms with Gasteiger partial charge in [0.25, 0.3) is 5.91 Å². The molecule has 1 aromatic carbocycles. The van der Waals surface area contributed by atoms with E-state index in [0.717, 1.165) is 31.9 Å². The third-order valence-electron chi connectivity index (χ3n) is 5.51. The minimum atomic E-state index is 0.0562. The molecule has 2 atom stereocenters. The van der Waals surface area contributed by atoms with E-state index in [1.807, 2.05) is 43.0 Å². The van der Waals surface area contributed by atoms with Gasteiger partial charge in [-0.15, -0.1) is 0 Å². The van der Waals surface area contributed by atoms with Crippen molar-refractivity contribution in [1.29, 1.82) is 0 Å². The van der Waals surface area contributed by atoms with Crippen LogP contribution in [0, 0.1) is 11.8 Å². The number of piperidine rings is 1. The largest absolute Gasteiger partial charge is 0.491 e. The Morgan fingerprint density at radius 3 is 2.38 bits per heavy atom. The van der Waals surface area contributed by atoms with E-state index in [4.69, 9.17) is 4.74 Å². The quantitative estimate of drug-likeness (QED) is 0.847. The van der Waals surface area contributed by atoms with Crippen LogP contribution in [0.15, 0.2) is 24.3 Å². The lowest BCUT2D eigenvalue weighted by molar-refractivity contribution is 0.0778. The lowest BCUT2D eigenvalue weighted by atomic mass is 9.95. The van der Waals surface area contributed by atoms with E-state index < -0.39 is 0 Å². The highest BCUT2D eigenvalue weighted by atomic mass is 16.5.